The molecular weight excluding hydrogens is 396 g/mol. The smallest absolute Gasteiger partial charge is 0.328 e. The Morgan fingerprint density at radius 1 is 0.867 bits per heavy atom. The highest BCUT2D eigenvalue weighted by atomic mass is 16.6. The number of ether oxygens (including phenoxy) is 3. The van der Waals surface area contributed by atoms with Gasteiger partial charge in [0.05, 0.1) is 5.69 Å². The summed E-state index contributed by atoms with van der Waals surface area (Å²) < 4.78 is 15.8. The summed E-state index contributed by atoms with van der Waals surface area (Å²) in [7, 11) is 1.35. The topological polar surface area (TPSA) is 161 Å². The summed E-state index contributed by atoms with van der Waals surface area (Å²) in [6.45, 7) is 6.81. The van der Waals surface area contributed by atoms with Crippen molar-refractivity contribution in [3.8, 4) is 17.2 Å². The number of amides is 2. The van der Waals surface area contributed by atoms with E-state index in [1.165, 1.54) is 7.05 Å². The van der Waals surface area contributed by atoms with Gasteiger partial charge in [0.2, 0.25) is 11.7 Å². The molecule has 11 heteroatoms. The van der Waals surface area contributed by atoms with Crippen molar-refractivity contribution in [3.63, 3.8) is 0 Å². The normalized spacial score (nSPS) is 10.1. The van der Waals surface area contributed by atoms with Gasteiger partial charge in [0.1, 0.15) is 0 Å². The average Bonchev–Trinajstić information content (AvgIpc) is 2.63. The number of nitrogens with two attached hydrogens (primary N) is 1. The van der Waals surface area contributed by atoms with E-state index in [1.807, 2.05) is 0 Å². The molecule has 0 radical (unpaired) electrons. The fourth-order valence-corrected chi connectivity index (χ4v) is 2.88. The van der Waals surface area contributed by atoms with E-state index < -0.39 is 29.9 Å². The molecule has 164 valence electrons. The highest BCUT2D eigenvalue weighted by molar-refractivity contribution is 6.15. The van der Waals surface area contributed by atoms with E-state index in [4.69, 9.17) is 25.4 Å². The third kappa shape index (κ3) is 5.25. The van der Waals surface area contributed by atoms with Crippen LogP contribution < -0.4 is 30.2 Å². The van der Waals surface area contributed by atoms with Gasteiger partial charge in [-0.2, -0.15) is 0 Å². The molecule has 0 aliphatic heterocycles. The molecule has 4 N–H and O–H groups in total. The van der Waals surface area contributed by atoms with Crippen molar-refractivity contribution in [3.05, 3.63) is 11.1 Å². The monoisotopic (exact) mass is 422 g/mol. The van der Waals surface area contributed by atoms with Crippen LogP contribution in [0.1, 0.15) is 45.7 Å². The van der Waals surface area contributed by atoms with E-state index in [0.29, 0.717) is 0 Å². The number of carbonyl (C=O) groups excluding carboxylic acids is 4. The van der Waals surface area contributed by atoms with Gasteiger partial charge in [0.15, 0.2) is 11.5 Å². The Bertz CT molecular complexity index is 850. The van der Waals surface area contributed by atoms with Crippen LogP contribution in [-0.4, -0.2) is 36.9 Å². The average molecular weight is 422 g/mol. The summed E-state index contributed by atoms with van der Waals surface area (Å²) in [6, 6.07) is -0.741. The number of urea groups is 1. The second-order valence-electron chi connectivity index (χ2n) is 6.06. The lowest BCUT2D eigenvalue weighted by Gasteiger charge is -2.29. The summed E-state index contributed by atoms with van der Waals surface area (Å²) in [5.41, 5.74) is 6.27. The number of hydrogen-bond donors (Lipinski definition) is 3. The first-order valence-electron chi connectivity index (χ1n) is 9.12. The molecule has 1 aromatic rings. The lowest BCUT2D eigenvalue weighted by molar-refractivity contribution is -0.135. The molecule has 0 aromatic heterocycles. The van der Waals surface area contributed by atoms with Gasteiger partial charge in [-0.3, -0.25) is 19.8 Å². The molecule has 1 rings (SSSR count). The maximum atomic E-state index is 12.5. The van der Waals surface area contributed by atoms with E-state index in [0.717, 1.165) is 25.7 Å². The third-order valence-electron chi connectivity index (χ3n) is 3.86. The lowest BCUT2D eigenvalue weighted by atomic mass is 9.98. The Labute approximate surface area is 173 Å². The molecule has 1 aromatic carbocycles. The number of rotatable bonds is 6. The first-order valence-corrected chi connectivity index (χ1v) is 9.12. The minimum absolute atomic E-state index is 0.0928. The minimum Gasteiger partial charge on any atom is -0.422 e. The fourth-order valence-electron chi connectivity index (χ4n) is 2.88. The maximum absolute atomic E-state index is 12.5. The van der Waals surface area contributed by atoms with Crippen LogP contribution in [0.25, 0.3) is 0 Å². The van der Waals surface area contributed by atoms with Gasteiger partial charge in [-0.05, 0) is 12.8 Å². The van der Waals surface area contributed by atoms with Crippen LogP contribution in [0.3, 0.4) is 0 Å². The van der Waals surface area contributed by atoms with Gasteiger partial charge >= 0.3 is 23.9 Å². The molecular formula is C19H26N4O7. The van der Waals surface area contributed by atoms with Crippen molar-refractivity contribution in [2.45, 2.75) is 47.5 Å². The van der Waals surface area contributed by atoms with Crippen LogP contribution in [0.4, 0.5) is 10.5 Å². The molecule has 30 heavy (non-hydrogen) atoms. The highest BCUT2D eigenvalue weighted by Gasteiger charge is 2.34. The first-order chi connectivity index (χ1) is 14.0. The van der Waals surface area contributed by atoms with Crippen molar-refractivity contribution in [2.24, 2.45) is 5.73 Å². The van der Waals surface area contributed by atoms with E-state index in [-0.39, 0.29) is 46.9 Å². The van der Waals surface area contributed by atoms with Gasteiger partial charge in [0.25, 0.3) is 0 Å². The number of carbonyl (C=O) groups is 4. The molecule has 0 saturated carbocycles. The Balaban J connectivity index is 4.24. The van der Waals surface area contributed by atoms with Gasteiger partial charge in [-0.1, -0.05) is 13.8 Å². The van der Waals surface area contributed by atoms with E-state index in [2.05, 4.69) is 5.32 Å². The Morgan fingerprint density at radius 3 is 1.50 bits per heavy atom. The largest absolute Gasteiger partial charge is 0.422 e. The van der Waals surface area contributed by atoms with Crippen LogP contribution in [0.15, 0.2) is 0 Å². The molecule has 2 amide bonds. The first kappa shape index (κ1) is 24.4. The zero-order chi connectivity index (χ0) is 23.2. The second-order valence-corrected chi connectivity index (χ2v) is 6.06. The van der Waals surface area contributed by atoms with Crippen molar-refractivity contribution in [2.75, 3.05) is 11.9 Å². The molecule has 0 unspecified atom stereocenters. The quantitative estimate of drug-likeness (QED) is 0.270. The summed E-state index contributed by atoms with van der Waals surface area (Å²) in [6.07, 6.45) is 0.390. The van der Waals surface area contributed by atoms with Gasteiger partial charge < -0.3 is 25.3 Å². The molecule has 0 aliphatic rings. The number of hydrogen-bond acceptors (Lipinski definition) is 8. The zero-order valence-corrected chi connectivity index (χ0v) is 17.8. The van der Waals surface area contributed by atoms with Crippen LogP contribution >= 0.6 is 0 Å². The second kappa shape index (κ2) is 10.2. The van der Waals surface area contributed by atoms with Crippen LogP contribution in [0, 0.1) is 5.41 Å². The molecule has 11 nitrogen and oxygen atoms in total. The van der Waals surface area contributed by atoms with Crippen LogP contribution in [0.2, 0.25) is 0 Å². The van der Waals surface area contributed by atoms with Crippen molar-refractivity contribution >= 4 is 35.6 Å². The van der Waals surface area contributed by atoms with E-state index in [1.54, 1.807) is 13.8 Å². The van der Waals surface area contributed by atoms with Gasteiger partial charge in [0, 0.05) is 38.9 Å². The zero-order valence-electron chi connectivity index (χ0n) is 17.8. The number of nitrogens with zero attached hydrogens (tertiary/aromatic N) is 1. The van der Waals surface area contributed by atoms with Gasteiger partial charge in [-0.15, -0.1) is 0 Å². The summed E-state index contributed by atoms with van der Waals surface area (Å²) in [5.74, 6) is -3.54. The molecule has 0 fully saturated rings. The minimum atomic E-state index is -0.747. The number of anilines is 1. The van der Waals surface area contributed by atoms with Gasteiger partial charge in [-0.25, -0.2) is 9.69 Å². The number of nitrogens with one attached hydrogen (secondary N) is 2. The summed E-state index contributed by atoms with van der Waals surface area (Å²) in [4.78, 5) is 48.7. The van der Waals surface area contributed by atoms with Crippen LogP contribution in [0.5, 0.6) is 17.2 Å². The SMILES string of the molecule is CCc1c(OC(C)=O)c(OC(C)=O)c(OC(C)=O)c(CC)c1N(C(=N)N)C(=O)NC. The fraction of sp³-hybridized carbons (Fsp3) is 0.421. The number of guanidine groups is 1. The van der Waals surface area contributed by atoms with E-state index in [9.17, 15) is 19.2 Å². The molecule has 0 saturated heterocycles. The molecule has 0 atom stereocenters. The van der Waals surface area contributed by atoms with Crippen molar-refractivity contribution in [1.82, 2.24) is 5.32 Å². The maximum Gasteiger partial charge on any atom is 0.328 e. The van der Waals surface area contributed by atoms with Crippen molar-refractivity contribution in [1.29, 1.82) is 5.41 Å². The number of esters is 3. The standard InChI is InChI=1S/C19H26N4O7/c1-7-12-14(23(18(20)21)19(27)22-6)13(8-2)16(29-10(4)25)17(30-11(5)26)15(12)28-9(3)24/h7-8H2,1-6H3,(H3,20,21)(H,22,27). The molecule has 0 spiro atoms. The third-order valence-corrected chi connectivity index (χ3v) is 3.86. The number of benzene rings is 1. The summed E-state index contributed by atoms with van der Waals surface area (Å²) >= 11 is 0. The van der Waals surface area contributed by atoms with Crippen molar-refractivity contribution < 1.29 is 33.4 Å². The molecule has 0 bridgehead atoms. The van der Waals surface area contributed by atoms with Crippen LogP contribution in [-0.2, 0) is 27.2 Å². The molecule has 0 aliphatic carbocycles. The highest BCUT2D eigenvalue weighted by Crippen LogP contribution is 2.50. The molecule has 0 heterocycles. The predicted molar refractivity (Wildman–Crippen MR) is 108 cm³/mol. The Kier molecular flexibility index (Phi) is 8.33. The predicted octanol–water partition coefficient (Wildman–Crippen LogP) is 1.63. The summed E-state index contributed by atoms with van der Waals surface area (Å²) in [5, 5.41) is 10.3. The lowest BCUT2D eigenvalue weighted by Crippen LogP contribution is -2.47. The Hall–Kier alpha value is -3.63. The van der Waals surface area contributed by atoms with E-state index >= 15 is 0 Å². The Morgan fingerprint density at radius 2 is 1.23 bits per heavy atom.